The fourth-order valence-corrected chi connectivity index (χ4v) is 1.15. The monoisotopic (exact) mass is 201 g/mol. The Bertz CT molecular complexity index is 335. The van der Waals surface area contributed by atoms with Gasteiger partial charge >= 0.3 is 11.8 Å². The molecule has 7 nitrogen and oxygen atoms in total. The predicted molar refractivity (Wildman–Crippen MR) is 45.6 cm³/mol. The van der Waals surface area contributed by atoms with Crippen molar-refractivity contribution in [2.75, 3.05) is 5.32 Å². The Morgan fingerprint density at radius 1 is 1.38 bits per heavy atom. The summed E-state index contributed by atoms with van der Waals surface area (Å²) in [5, 5.41) is 10.4. The van der Waals surface area contributed by atoms with Gasteiger partial charge in [-0.3, -0.25) is 20.3 Å². The van der Waals surface area contributed by atoms with Gasteiger partial charge in [0.1, 0.15) is 5.01 Å². The van der Waals surface area contributed by atoms with Gasteiger partial charge in [-0.15, -0.1) is 10.2 Å². The number of carbonyl (C=O) groups is 2. The van der Waals surface area contributed by atoms with Crippen LogP contribution in [0.1, 0.15) is 5.01 Å². The molecule has 70 valence electrons. The van der Waals surface area contributed by atoms with Crippen molar-refractivity contribution in [3.8, 4) is 0 Å². The molecule has 0 aliphatic rings. The van der Waals surface area contributed by atoms with E-state index >= 15 is 0 Å². The maximum atomic E-state index is 10.9. The molecule has 0 saturated carbocycles. The molecule has 1 aromatic rings. The number of hydrogen-bond acceptors (Lipinski definition) is 6. The van der Waals surface area contributed by atoms with Crippen LogP contribution in [-0.4, -0.2) is 22.0 Å². The molecular formula is C5H7N5O2S. The summed E-state index contributed by atoms with van der Waals surface area (Å²) in [7, 11) is 0. The molecule has 0 aliphatic carbocycles. The molecule has 1 aromatic heterocycles. The van der Waals surface area contributed by atoms with Gasteiger partial charge in [0.15, 0.2) is 0 Å². The zero-order valence-electron chi connectivity index (χ0n) is 6.70. The average Bonchev–Trinajstić information content (AvgIpc) is 2.49. The van der Waals surface area contributed by atoms with Crippen LogP contribution in [0.2, 0.25) is 0 Å². The van der Waals surface area contributed by atoms with Crippen molar-refractivity contribution >= 4 is 28.3 Å². The Labute approximate surface area is 77.3 Å². The number of anilines is 1. The average molecular weight is 201 g/mol. The maximum Gasteiger partial charge on any atom is 0.323 e. The van der Waals surface area contributed by atoms with Gasteiger partial charge < -0.3 is 0 Å². The number of aryl methyl sites for hydroxylation is 1. The van der Waals surface area contributed by atoms with E-state index in [0.717, 1.165) is 0 Å². The SMILES string of the molecule is Cc1nnc(NC(=O)C(=O)NN)s1. The maximum absolute atomic E-state index is 10.9. The number of amides is 2. The number of rotatable bonds is 1. The van der Waals surface area contributed by atoms with E-state index in [1.54, 1.807) is 12.3 Å². The third kappa shape index (κ3) is 2.46. The number of nitrogens with zero attached hydrogens (tertiary/aromatic N) is 2. The molecule has 0 spiro atoms. The smallest absolute Gasteiger partial charge is 0.292 e. The zero-order valence-corrected chi connectivity index (χ0v) is 7.51. The van der Waals surface area contributed by atoms with Crippen molar-refractivity contribution in [2.24, 2.45) is 5.84 Å². The summed E-state index contributed by atoms with van der Waals surface area (Å²) in [5.74, 6) is 2.95. The van der Waals surface area contributed by atoms with Crippen LogP contribution in [0.3, 0.4) is 0 Å². The minimum atomic E-state index is -0.923. The molecule has 0 radical (unpaired) electrons. The van der Waals surface area contributed by atoms with E-state index in [-0.39, 0.29) is 5.13 Å². The van der Waals surface area contributed by atoms with Crippen LogP contribution in [-0.2, 0) is 9.59 Å². The van der Waals surface area contributed by atoms with Crippen LogP contribution in [0, 0.1) is 6.92 Å². The molecule has 0 aromatic carbocycles. The molecule has 0 fully saturated rings. The molecule has 0 atom stereocenters. The van der Waals surface area contributed by atoms with Crippen molar-refractivity contribution in [1.82, 2.24) is 15.6 Å². The minimum Gasteiger partial charge on any atom is -0.292 e. The van der Waals surface area contributed by atoms with Crippen molar-refractivity contribution in [3.63, 3.8) is 0 Å². The van der Waals surface area contributed by atoms with Gasteiger partial charge in [-0.25, -0.2) is 5.84 Å². The van der Waals surface area contributed by atoms with E-state index in [9.17, 15) is 9.59 Å². The highest BCUT2D eigenvalue weighted by molar-refractivity contribution is 7.15. The second-order valence-electron chi connectivity index (χ2n) is 2.05. The van der Waals surface area contributed by atoms with Gasteiger partial charge in [0.2, 0.25) is 5.13 Å². The summed E-state index contributed by atoms with van der Waals surface area (Å²) in [6.07, 6.45) is 0. The van der Waals surface area contributed by atoms with Crippen molar-refractivity contribution in [3.05, 3.63) is 5.01 Å². The van der Waals surface area contributed by atoms with Crippen LogP contribution in [0.4, 0.5) is 5.13 Å². The number of hydrogen-bond donors (Lipinski definition) is 3. The molecule has 13 heavy (non-hydrogen) atoms. The van der Waals surface area contributed by atoms with Gasteiger partial charge in [-0.05, 0) is 6.92 Å². The third-order valence-corrected chi connectivity index (χ3v) is 1.84. The largest absolute Gasteiger partial charge is 0.323 e. The van der Waals surface area contributed by atoms with Crippen LogP contribution in [0.5, 0.6) is 0 Å². The highest BCUT2D eigenvalue weighted by Crippen LogP contribution is 2.12. The Morgan fingerprint density at radius 2 is 2.08 bits per heavy atom. The molecule has 2 amide bonds. The van der Waals surface area contributed by atoms with Gasteiger partial charge in [-0.1, -0.05) is 11.3 Å². The van der Waals surface area contributed by atoms with E-state index in [1.807, 2.05) is 0 Å². The molecule has 0 unspecified atom stereocenters. The van der Waals surface area contributed by atoms with Gasteiger partial charge in [0, 0.05) is 0 Å². The number of hydrazine groups is 1. The quantitative estimate of drug-likeness (QED) is 0.228. The zero-order chi connectivity index (χ0) is 9.84. The third-order valence-electron chi connectivity index (χ3n) is 1.08. The van der Waals surface area contributed by atoms with Crippen LogP contribution < -0.4 is 16.6 Å². The highest BCUT2D eigenvalue weighted by Gasteiger charge is 2.13. The first-order valence-corrected chi connectivity index (χ1v) is 4.07. The molecule has 1 heterocycles. The first-order valence-electron chi connectivity index (χ1n) is 3.25. The summed E-state index contributed by atoms with van der Waals surface area (Å²) in [4.78, 5) is 21.5. The Morgan fingerprint density at radius 3 is 2.54 bits per heavy atom. The number of nitrogens with two attached hydrogens (primary N) is 1. The summed E-state index contributed by atoms with van der Waals surface area (Å²) >= 11 is 1.17. The molecule has 0 bridgehead atoms. The second kappa shape index (κ2) is 3.92. The second-order valence-corrected chi connectivity index (χ2v) is 3.24. The molecule has 8 heteroatoms. The lowest BCUT2D eigenvalue weighted by Crippen LogP contribution is -2.39. The number of carbonyl (C=O) groups excluding carboxylic acids is 2. The summed E-state index contributed by atoms with van der Waals surface area (Å²) in [6.45, 7) is 1.73. The lowest BCUT2D eigenvalue weighted by atomic mass is 10.6. The lowest BCUT2D eigenvalue weighted by molar-refractivity contribution is -0.136. The fraction of sp³-hybridized carbons (Fsp3) is 0.200. The molecule has 1 rings (SSSR count). The topological polar surface area (TPSA) is 110 Å². The predicted octanol–water partition coefficient (Wildman–Crippen LogP) is -1.23. The molecule has 4 N–H and O–H groups in total. The molecule has 0 aliphatic heterocycles. The minimum absolute atomic E-state index is 0.270. The summed E-state index contributed by atoms with van der Waals surface area (Å²) < 4.78 is 0. The fourth-order valence-electron chi connectivity index (χ4n) is 0.567. The Kier molecular flexibility index (Phi) is 2.88. The van der Waals surface area contributed by atoms with Crippen molar-refractivity contribution in [2.45, 2.75) is 6.92 Å². The first kappa shape index (κ1) is 9.55. The van der Waals surface area contributed by atoms with E-state index in [2.05, 4.69) is 15.5 Å². The van der Waals surface area contributed by atoms with E-state index in [0.29, 0.717) is 5.01 Å². The van der Waals surface area contributed by atoms with Gasteiger partial charge in [-0.2, -0.15) is 0 Å². The summed E-state index contributed by atoms with van der Waals surface area (Å²) in [5.41, 5.74) is 1.70. The van der Waals surface area contributed by atoms with Gasteiger partial charge in [0.05, 0.1) is 0 Å². The van der Waals surface area contributed by atoms with Crippen LogP contribution >= 0.6 is 11.3 Å². The highest BCUT2D eigenvalue weighted by atomic mass is 32.1. The lowest BCUT2D eigenvalue weighted by Gasteiger charge is -1.97. The first-order chi connectivity index (χ1) is 6.13. The van der Waals surface area contributed by atoms with Crippen LogP contribution in [0.25, 0.3) is 0 Å². The standard InChI is InChI=1S/C5H7N5O2S/c1-2-9-10-5(13-2)7-3(11)4(12)8-6/h6H2,1H3,(H,8,12)(H,7,10,11). The van der Waals surface area contributed by atoms with Crippen molar-refractivity contribution in [1.29, 1.82) is 0 Å². The summed E-state index contributed by atoms with van der Waals surface area (Å²) in [6, 6.07) is 0. The normalized spacial score (nSPS) is 9.38. The number of nitrogens with one attached hydrogen (secondary N) is 2. The Balaban J connectivity index is 2.60. The molecular weight excluding hydrogens is 194 g/mol. The van der Waals surface area contributed by atoms with E-state index in [4.69, 9.17) is 5.84 Å². The van der Waals surface area contributed by atoms with Crippen LogP contribution in [0.15, 0.2) is 0 Å². The molecule has 0 saturated heterocycles. The van der Waals surface area contributed by atoms with Crippen molar-refractivity contribution < 1.29 is 9.59 Å². The Hall–Kier alpha value is -1.54. The van der Waals surface area contributed by atoms with E-state index in [1.165, 1.54) is 11.3 Å². The van der Waals surface area contributed by atoms with Gasteiger partial charge in [0.25, 0.3) is 0 Å². The number of aromatic nitrogens is 2. The van der Waals surface area contributed by atoms with E-state index < -0.39 is 11.8 Å².